The summed E-state index contributed by atoms with van der Waals surface area (Å²) in [7, 11) is 0. The van der Waals surface area contributed by atoms with Crippen LogP contribution in [0, 0.1) is 0 Å². The Bertz CT molecular complexity index is 273. The van der Waals surface area contributed by atoms with Crippen molar-refractivity contribution < 1.29 is 5.11 Å². The third-order valence-electron chi connectivity index (χ3n) is 2.01. The lowest BCUT2D eigenvalue weighted by Gasteiger charge is -2.11. The number of rotatable bonds is 4. The summed E-state index contributed by atoms with van der Waals surface area (Å²) in [5.41, 5.74) is 0.742. The van der Waals surface area contributed by atoms with Gasteiger partial charge >= 0.3 is 0 Å². The molecule has 0 amide bonds. The summed E-state index contributed by atoms with van der Waals surface area (Å²) in [5.74, 6) is 0. The van der Waals surface area contributed by atoms with E-state index in [1.165, 1.54) is 0 Å². The van der Waals surface area contributed by atoms with Gasteiger partial charge in [0.1, 0.15) is 0 Å². The first-order valence-electron chi connectivity index (χ1n) is 4.60. The van der Waals surface area contributed by atoms with Crippen LogP contribution in [0.4, 0.5) is 0 Å². The van der Waals surface area contributed by atoms with Crippen molar-refractivity contribution in [1.29, 1.82) is 0 Å². The van der Waals surface area contributed by atoms with Gasteiger partial charge in [-0.3, -0.25) is 4.68 Å². The maximum atomic E-state index is 9.76. The first kappa shape index (κ1) is 10.5. The number of nitrogens with zero attached hydrogens (tertiary/aromatic N) is 2. The van der Waals surface area contributed by atoms with E-state index in [9.17, 15) is 5.11 Å². The van der Waals surface area contributed by atoms with Crippen LogP contribution < -0.4 is 0 Å². The van der Waals surface area contributed by atoms with E-state index in [2.05, 4.69) is 5.10 Å². The minimum Gasteiger partial charge on any atom is -0.387 e. The lowest BCUT2D eigenvalue weighted by molar-refractivity contribution is 0.155. The molecule has 0 aliphatic heterocycles. The highest BCUT2D eigenvalue weighted by Crippen LogP contribution is 2.25. The van der Waals surface area contributed by atoms with E-state index in [0.29, 0.717) is 5.02 Å². The van der Waals surface area contributed by atoms with Crippen molar-refractivity contribution in [2.45, 2.75) is 39.3 Å². The fourth-order valence-corrected chi connectivity index (χ4v) is 1.63. The van der Waals surface area contributed by atoms with Crippen molar-refractivity contribution in [2.24, 2.45) is 0 Å². The van der Waals surface area contributed by atoms with Crippen molar-refractivity contribution in [2.75, 3.05) is 0 Å². The van der Waals surface area contributed by atoms with Gasteiger partial charge in [-0.15, -0.1) is 0 Å². The number of aromatic nitrogens is 2. The smallest absolute Gasteiger partial charge is 0.0971 e. The third kappa shape index (κ3) is 2.23. The Kier molecular flexibility index (Phi) is 3.75. The Labute approximate surface area is 83.3 Å². The summed E-state index contributed by atoms with van der Waals surface area (Å²) >= 11 is 5.91. The summed E-state index contributed by atoms with van der Waals surface area (Å²) in [6.45, 7) is 4.75. The molecule has 0 radical (unpaired) electrons. The molecule has 0 aliphatic carbocycles. The standard InChI is InChI=1S/C9H15ClN2O/c1-3-5-8(13)9-7(10)6-11-12(9)4-2/h6,8,13H,3-5H2,1-2H3. The topological polar surface area (TPSA) is 38.1 Å². The highest BCUT2D eigenvalue weighted by atomic mass is 35.5. The zero-order valence-corrected chi connectivity index (χ0v) is 8.75. The van der Waals surface area contributed by atoms with Gasteiger partial charge in [0, 0.05) is 6.54 Å². The zero-order valence-electron chi connectivity index (χ0n) is 8.00. The number of hydrogen-bond acceptors (Lipinski definition) is 2. The number of aliphatic hydroxyl groups is 1. The molecule has 0 aliphatic rings. The van der Waals surface area contributed by atoms with Crippen LogP contribution in [-0.4, -0.2) is 14.9 Å². The van der Waals surface area contributed by atoms with Crippen molar-refractivity contribution in [3.05, 3.63) is 16.9 Å². The predicted molar refractivity (Wildman–Crippen MR) is 52.8 cm³/mol. The Morgan fingerprint density at radius 3 is 2.85 bits per heavy atom. The van der Waals surface area contributed by atoms with Gasteiger partial charge in [0.05, 0.1) is 23.0 Å². The predicted octanol–water partition coefficient (Wildman–Crippen LogP) is 2.39. The van der Waals surface area contributed by atoms with Gasteiger partial charge in [-0.2, -0.15) is 5.10 Å². The summed E-state index contributed by atoms with van der Waals surface area (Å²) in [6.07, 6.45) is 2.76. The summed E-state index contributed by atoms with van der Waals surface area (Å²) in [4.78, 5) is 0. The molecule has 1 rings (SSSR count). The van der Waals surface area contributed by atoms with Gasteiger partial charge in [0.25, 0.3) is 0 Å². The van der Waals surface area contributed by atoms with Crippen molar-refractivity contribution in [3.63, 3.8) is 0 Å². The quantitative estimate of drug-likeness (QED) is 0.814. The highest BCUT2D eigenvalue weighted by molar-refractivity contribution is 6.31. The second-order valence-corrected chi connectivity index (χ2v) is 3.41. The minimum atomic E-state index is -0.486. The van der Waals surface area contributed by atoms with Gasteiger partial charge < -0.3 is 5.11 Å². The summed E-state index contributed by atoms with van der Waals surface area (Å²) < 4.78 is 1.74. The van der Waals surface area contributed by atoms with E-state index < -0.39 is 6.10 Å². The second kappa shape index (κ2) is 4.63. The number of aryl methyl sites for hydroxylation is 1. The number of hydrogen-bond donors (Lipinski definition) is 1. The van der Waals surface area contributed by atoms with Crippen LogP contribution in [0.5, 0.6) is 0 Å². The maximum Gasteiger partial charge on any atom is 0.0971 e. The molecule has 1 N–H and O–H groups in total. The molecule has 1 unspecified atom stereocenters. The van der Waals surface area contributed by atoms with Crippen LogP contribution in [-0.2, 0) is 6.54 Å². The molecule has 3 nitrogen and oxygen atoms in total. The monoisotopic (exact) mass is 202 g/mol. The Morgan fingerprint density at radius 1 is 1.62 bits per heavy atom. The van der Waals surface area contributed by atoms with Crippen LogP contribution in [0.1, 0.15) is 38.5 Å². The molecule has 1 aromatic heterocycles. The summed E-state index contributed by atoms with van der Waals surface area (Å²) in [5, 5.41) is 14.4. The third-order valence-corrected chi connectivity index (χ3v) is 2.30. The van der Waals surface area contributed by atoms with E-state index in [1.54, 1.807) is 10.9 Å². The van der Waals surface area contributed by atoms with Crippen LogP contribution >= 0.6 is 11.6 Å². The molecule has 74 valence electrons. The van der Waals surface area contributed by atoms with Crippen molar-refractivity contribution in [1.82, 2.24) is 9.78 Å². The molecule has 0 spiro atoms. The first-order valence-corrected chi connectivity index (χ1v) is 4.97. The molecular weight excluding hydrogens is 188 g/mol. The van der Waals surface area contributed by atoms with Crippen molar-refractivity contribution in [3.8, 4) is 0 Å². The average molecular weight is 203 g/mol. The fourth-order valence-electron chi connectivity index (χ4n) is 1.37. The molecule has 0 saturated heterocycles. The molecule has 1 aromatic rings. The second-order valence-electron chi connectivity index (χ2n) is 3.00. The van der Waals surface area contributed by atoms with Gasteiger partial charge in [-0.05, 0) is 13.3 Å². The molecule has 1 atom stereocenters. The molecule has 0 fully saturated rings. The molecular formula is C9H15ClN2O. The number of aliphatic hydroxyl groups excluding tert-OH is 1. The Morgan fingerprint density at radius 2 is 2.31 bits per heavy atom. The van der Waals surface area contributed by atoms with Crippen molar-refractivity contribution >= 4 is 11.6 Å². The van der Waals surface area contributed by atoms with E-state index in [1.807, 2.05) is 13.8 Å². The van der Waals surface area contributed by atoms with Gasteiger partial charge in [0.15, 0.2) is 0 Å². The normalized spacial score (nSPS) is 13.2. The highest BCUT2D eigenvalue weighted by Gasteiger charge is 2.16. The average Bonchev–Trinajstić information content (AvgIpc) is 2.47. The van der Waals surface area contributed by atoms with E-state index in [0.717, 1.165) is 25.1 Å². The molecule has 0 aromatic carbocycles. The van der Waals surface area contributed by atoms with Crippen LogP contribution in [0.3, 0.4) is 0 Å². The number of halogens is 1. The van der Waals surface area contributed by atoms with Gasteiger partial charge in [0.2, 0.25) is 0 Å². The SMILES string of the molecule is CCCC(O)c1c(Cl)cnn1CC. The Hall–Kier alpha value is -0.540. The maximum absolute atomic E-state index is 9.76. The van der Waals surface area contributed by atoms with Crippen LogP contribution in [0.15, 0.2) is 6.20 Å². The largest absolute Gasteiger partial charge is 0.387 e. The lowest BCUT2D eigenvalue weighted by Crippen LogP contribution is -2.08. The van der Waals surface area contributed by atoms with E-state index >= 15 is 0 Å². The Balaban J connectivity index is 2.89. The van der Waals surface area contributed by atoms with E-state index in [4.69, 9.17) is 11.6 Å². The van der Waals surface area contributed by atoms with Gasteiger partial charge in [-0.25, -0.2) is 0 Å². The van der Waals surface area contributed by atoms with Crippen LogP contribution in [0.2, 0.25) is 5.02 Å². The molecule has 13 heavy (non-hydrogen) atoms. The fraction of sp³-hybridized carbons (Fsp3) is 0.667. The van der Waals surface area contributed by atoms with Gasteiger partial charge in [-0.1, -0.05) is 24.9 Å². The zero-order chi connectivity index (χ0) is 9.84. The molecule has 0 bridgehead atoms. The minimum absolute atomic E-state index is 0.486. The molecule has 1 heterocycles. The van der Waals surface area contributed by atoms with E-state index in [-0.39, 0.29) is 0 Å². The molecule has 0 saturated carbocycles. The summed E-state index contributed by atoms with van der Waals surface area (Å²) in [6, 6.07) is 0. The van der Waals surface area contributed by atoms with Crippen LogP contribution in [0.25, 0.3) is 0 Å². The lowest BCUT2D eigenvalue weighted by atomic mass is 10.1. The molecule has 4 heteroatoms. The first-order chi connectivity index (χ1) is 6.20.